The number of fused-ring (bicyclic) bond motifs is 17. The number of rotatable bonds is 4. The summed E-state index contributed by atoms with van der Waals surface area (Å²) >= 11 is 0. The van der Waals surface area contributed by atoms with Gasteiger partial charge in [-0.2, -0.15) is 0 Å². The topological polar surface area (TPSA) is 19.7 Å². The van der Waals surface area contributed by atoms with Crippen LogP contribution in [-0.4, -0.2) is 18.3 Å². The second-order valence-electron chi connectivity index (χ2n) is 18.3. The Morgan fingerprint density at radius 2 is 0.691 bits per heavy atom. The molecule has 4 aromatic heterocycles. The molecule has 318 valence electrons. The van der Waals surface area contributed by atoms with Crippen LogP contribution < -0.4 is 0 Å². The van der Waals surface area contributed by atoms with Crippen molar-refractivity contribution >= 4 is 76.6 Å². The van der Waals surface area contributed by atoms with Crippen LogP contribution >= 0.6 is 0 Å². The number of para-hydroxylation sites is 6. The van der Waals surface area contributed by atoms with Gasteiger partial charge in [0.2, 0.25) is 0 Å². The van der Waals surface area contributed by atoms with E-state index in [0.29, 0.717) is 0 Å². The summed E-state index contributed by atoms with van der Waals surface area (Å²) in [5.74, 6) is 0. The first-order chi connectivity index (χ1) is 33.8. The summed E-state index contributed by atoms with van der Waals surface area (Å²) in [5, 5.41) is 7.47. The molecule has 4 heterocycles. The molecule has 4 heteroatoms. The molecular formula is C64H42N4. The van der Waals surface area contributed by atoms with Gasteiger partial charge in [-0.25, -0.2) is 0 Å². The monoisotopic (exact) mass is 866 g/mol. The standard InChI is InChI=1S/C64H42N4/c1-5-21-41(22-6-1)65-55-35-19-17-29-45(55)51-37-59-53(39-57(51)65)61-47-31-13-15-33-49(47)64-62(48-32-14-16-34-50(48)63(61)67(59)43-25-9-3-10-26-43)54-40-58-52(38-60(54)68(64)44-27-11-4-12-28-44)46-30-18-20-36-56(46)66(58)42-23-7-2-8-24-42/h1-13,15-31,33-40H,14,32H2. The fourth-order valence-corrected chi connectivity index (χ4v) is 12.0. The third kappa shape index (κ3) is 5.14. The Hall–Kier alpha value is -8.86. The molecule has 0 saturated carbocycles. The van der Waals surface area contributed by atoms with Crippen LogP contribution in [0.25, 0.3) is 122 Å². The first kappa shape index (κ1) is 37.4. The quantitative estimate of drug-likeness (QED) is 0.168. The molecule has 4 nitrogen and oxygen atoms in total. The number of nitrogens with zero attached hydrogens (tertiary/aromatic N) is 4. The van der Waals surface area contributed by atoms with Crippen LogP contribution in [0.15, 0.2) is 231 Å². The maximum absolute atomic E-state index is 2.58. The van der Waals surface area contributed by atoms with Crippen LogP contribution in [0.1, 0.15) is 24.1 Å². The summed E-state index contributed by atoms with van der Waals surface area (Å²) in [4.78, 5) is 0. The Balaban J connectivity index is 1.16. The van der Waals surface area contributed by atoms with Gasteiger partial charge in [0.05, 0.1) is 44.5 Å². The molecule has 0 radical (unpaired) electrons. The Labute approximate surface area is 392 Å². The Morgan fingerprint density at radius 1 is 0.294 bits per heavy atom. The van der Waals surface area contributed by atoms with Crippen molar-refractivity contribution in [3.8, 4) is 45.1 Å². The minimum Gasteiger partial charge on any atom is -0.309 e. The number of allylic oxidation sites excluding steroid dienone is 4. The highest BCUT2D eigenvalue weighted by molar-refractivity contribution is 6.23. The van der Waals surface area contributed by atoms with Crippen molar-refractivity contribution in [3.63, 3.8) is 0 Å². The lowest BCUT2D eigenvalue weighted by atomic mass is 9.81. The minimum absolute atomic E-state index is 0.913. The van der Waals surface area contributed by atoms with Crippen molar-refractivity contribution in [1.29, 1.82) is 0 Å². The molecular weight excluding hydrogens is 825 g/mol. The Morgan fingerprint density at radius 3 is 1.22 bits per heavy atom. The van der Waals surface area contributed by atoms with Crippen molar-refractivity contribution in [2.24, 2.45) is 0 Å². The number of aromatic nitrogens is 4. The van der Waals surface area contributed by atoms with Gasteiger partial charge in [0.15, 0.2) is 0 Å². The Bertz CT molecular complexity index is 4270. The third-order valence-electron chi connectivity index (χ3n) is 14.8. The van der Waals surface area contributed by atoms with Gasteiger partial charge < -0.3 is 18.3 Å². The van der Waals surface area contributed by atoms with Crippen LogP contribution in [-0.2, 0) is 0 Å². The van der Waals surface area contributed by atoms with Gasteiger partial charge in [-0.1, -0.05) is 146 Å². The second-order valence-corrected chi connectivity index (χ2v) is 18.3. The van der Waals surface area contributed by atoms with Gasteiger partial charge in [0.1, 0.15) is 0 Å². The van der Waals surface area contributed by atoms with Gasteiger partial charge in [0.25, 0.3) is 0 Å². The molecule has 0 atom stereocenters. The van der Waals surface area contributed by atoms with Gasteiger partial charge >= 0.3 is 0 Å². The molecule has 0 bridgehead atoms. The zero-order valence-electron chi connectivity index (χ0n) is 37.1. The maximum atomic E-state index is 2.58. The molecule has 2 aliphatic carbocycles. The maximum Gasteiger partial charge on any atom is 0.0622 e. The molecule has 0 amide bonds. The second kappa shape index (κ2) is 14.3. The lowest BCUT2D eigenvalue weighted by molar-refractivity contribution is 1.04. The molecule has 13 aromatic rings. The van der Waals surface area contributed by atoms with Crippen LogP contribution in [0, 0.1) is 0 Å². The van der Waals surface area contributed by atoms with Crippen molar-refractivity contribution in [3.05, 3.63) is 242 Å². The van der Waals surface area contributed by atoms with Gasteiger partial charge in [-0.05, 0) is 109 Å². The summed E-state index contributed by atoms with van der Waals surface area (Å²) in [6.45, 7) is 0. The minimum atomic E-state index is 0.913. The van der Waals surface area contributed by atoms with Crippen molar-refractivity contribution in [2.45, 2.75) is 12.8 Å². The smallest absolute Gasteiger partial charge is 0.0622 e. The molecule has 0 saturated heterocycles. The summed E-state index contributed by atoms with van der Waals surface area (Å²) < 4.78 is 10.1. The van der Waals surface area contributed by atoms with E-state index in [1.54, 1.807) is 0 Å². The van der Waals surface area contributed by atoms with Crippen LogP contribution in [0.5, 0.6) is 0 Å². The number of benzene rings is 9. The molecule has 0 fully saturated rings. The van der Waals surface area contributed by atoms with Crippen molar-refractivity contribution < 1.29 is 0 Å². The van der Waals surface area contributed by atoms with E-state index >= 15 is 0 Å². The number of hydrogen-bond donors (Lipinski definition) is 0. The molecule has 15 rings (SSSR count). The zero-order chi connectivity index (χ0) is 44.5. The van der Waals surface area contributed by atoms with E-state index < -0.39 is 0 Å². The van der Waals surface area contributed by atoms with Crippen LogP contribution in [0.4, 0.5) is 0 Å². The van der Waals surface area contributed by atoms with E-state index in [-0.39, 0.29) is 0 Å². The lowest BCUT2D eigenvalue weighted by Gasteiger charge is -2.25. The van der Waals surface area contributed by atoms with E-state index in [9.17, 15) is 0 Å². The van der Waals surface area contributed by atoms with Gasteiger partial charge in [-0.15, -0.1) is 0 Å². The van der Waals surface area contributed by atoms with Gasteiger partial charge in [-0.3, -0.25) is 0 Å². The predicted octanol–water partition coefficient (Wildman–Crippen LogP) is 16.7. The highest BCUT2D eigenvalue weighted by atomic mass is 15.0. The predicted molar refractivity (Wildman–Crippen MR) is 285 cm³/mol. The van der Waals surface area contributed by atoms with E-state index in [2.05, 4.69) is 249 Å². The Kier molecular flexibility index (Phi) is 7.87. The van der Waals surface area contributed by atoms with Gasteiger partial charge in [0, 0.05) is 77.3 Å². The molecule has 68 heavy (non-hydrogen) atoms. The summed E-state index contributed by atoms with van der Waals surface area (Å²) in [5.41, 5.74) is 22.0. The largest absolute Gasteiger partial charge is 0.309 e. The molecule has 0 unspecified atom stereocenters. The van der Waals surface area contributed by atoms with Crippen molar-refractivity contribution in [1.82, 2.24) is 18.3 Å². The first-order valence-corrected chi connectivity index (χ1v) is 23.8. The SMILES string of the molecule is C1=CC2=C(CC1)c1c(n(-c3ccccc3)c3cc4c5ccccc5n(-c5ccccc5)c4cc13)-c1ccccc1-c1c2n(-c2ccccc2)c2cc3c4ccccc4n(-c4ccccc4)c3cc12. The van der Waals surface area contributed by atoms with E-state index in [4.69, 9.17) is 0 Å². The third-order valence-corrected chi connectivity index (χ3v) is 14.8. The number of hydrogen-bond acceptors (Lipinski definition) is 0. The van der Waals surface area contributed by atoms with E-state index in [0.717, 1.165) is 35.6 Å². The van der Waals surface area contributed by atoms with Crippen LogP contribution in [0.3, 0.4) is 0 Å². The molecule has 0 N–H and O–H groups in total. The van der Waals surface area contributed by atoms with E-state index in [1.807, 2.05) is 0 Å². The van der Waals surface area contributed by atoms with Crippen molar-refractivity contribution in [2.75, 3.05) is 0 Å². The summed E-state index contributed by atoms with van der Waals surface area (Å²) in [6.07, 6.45) is 6.72. The average Bonchev–Trinajstić information content (AvgIpc) is 4.12. The molecule has 2 aliphatic rings. The normalized spacial score (nSPS) is 13.4. The lowest BCUT2D eigenvalue weighted by Crippen LogP contribution is -2.07. The molecule has 0 aliphatic heterocycles. The fraction of sp³-hybridized carbons (Fsp3) is 0.0312. The zero-order valence-corrected chi connectivity index (χ0v) is 37.1. The van der Waals surface area contributed by atoms with Crippen LogP contribution in [0.2, 0.25) is 0 Å². The summed E-state index contributed by atoms with van der Waals surface area (Å²) in [7, 11) is 0. The average molecular weight is 867 g/mol. The highest BCUT2D eigenvalue weighted by Crippen LogP contribution is 2.55. The first-order valence-electron chi connectivity index (χ1n) is 23.8. The fourth-order valence-electron chi connectivity index (χ4n) is 12.0. The molecule has 0 spiro atoms. The van der Waals surface area contributed by atoms with E-state index in [1.165, 1.54) is 110 Å². The highest BCUT2D eigenvalue weighted by Gasteiger charge is 2.34. The summed E-state index contributed by atoms with van der Waals surface area (Å²) in [6, 6.07) is 80.8. The molecule has 9 aromatic carbocycles.